The van der Waals surface area contributed by atoms with Crippen LogP contribution in [0, 0.1) is 0 Å². The normalized spacial score (nSPS) is 11.2. The molecule has 0 saturated carbocycles. The summed E-state index contributed by atoms with van der Waals surface area (Å²) in [6, 6.07) is 5.37. The zero-order valence-electron chi connectivity index (χ0n) is 11.1. The van der Waals surface area contributed by atoms with Gasteiger partial charge in [0.25, 0.3) is 0 Å². The van der Waals surface area contributed by atoms with Crippen LogP contribution in [0.3, 0.4) is 0 Å². The molecule has 0 aliphatic rings. The predicted octanol–water partition coefficient (Wildman–Crippen LogP) is 3.41. The Morgan fingerprint density at radius 2 is 2.06 bits per heavy atom. The molecule has 0 saturated heterocycles. The van der Waals surface area contributed by atoms with Crippen LogP contribution in [0.1, 0.15) is 26.3 Å². The van der Waals surface area contributed by atoms with Crippen molar-refractivity contribution in [2.75, 3.05) is 12.4 Å². The fraction of sp³-hybridized carbons (Fsp3) is 0.462. The lowest BCUT2D eigenvalue weighted by Crippen LogP contribution is -2.27. The van der Waals surface area contributed by atoms with Gasteiger partial charge in [-0.3, -0.25) is 5.32 Å². The Bertz CT molecular complexity index is 427. The van der Waals surface area contributed by atoms with E-state index in [1.807, 2.05) is 33.9 Å². The second-order valence-corrected chi connectivity index (χ2v) is 5.37. The summed E-state index contributed by atoms with van der Waals surface area (Å²) < 4.78 is 5.15. The van der Waals surface area contributed by atoms with E-state index in [1.165, 1.54) is 0 Å². The van der Waals surface area contributed by atoms with Gasteiger partial charge in [-0.2, -0.15) is 0 Å². The summed E-state index contributed by atoms with van der Waals surface area (Å²) in [6.07, 6.45) is -0.486. The van der Waals surface area contributed by atoms with Gasteiger partial charge in [-0.25, -0.2) is 4.79 Å². The summed E-state index contributed by atoms with van der Waals surface area (Å²) in [5, 5.41) is 6.27. The topological polar surface area (TPSA) is 50.4 Å². The molecule has 0 bridgehead atoms. The average Bonchev–Trinajstić information content (AvgIpc) is 2.19. The van der Waals surface area contributed by atoms with Crippen LogP contribution >= 0.6 is 11.6 Å². The first-order valence-corrected chi connectivity index (χ1v) is 6.12. The molecular formula is C13H19ClN2O2. The summed E-state index contributed by atoms with van der Waals surface area (Å²) in [7, 11) is 1.85. The zero-order valence-corrected chi connectivity index (χ0v) is 11.9. The molecule has 1 rings (SSSR count). The molecule has 0 heterocycles. The smallest absolute Gasteiger partial charge is 0.412 e. The maximum absolute atomic E-state index is 11.6. The lowest BCUT2D eigenvalue weighted by atomic mass is 10.2. The van der Waals surface area contributed by atoms with Crippen molar-refractivity contribution in [2.45, 2.75) is 32.9 Å². The van der Waals surface area contributed by atoms with Gasteiger partial charge in [-0.1, -0.05) is 17.7 Å². The van der Waals surface area contributed by atoms with Crippen LogP contribution in [0.4, 0.5) is 10.5 Å². The molecule has 5 heteroatoms. The second kappa shape index (κ2) is 6.07. The Balaban J connectivity index is 2.69. The van der Waals surface area contributed by atoms with Crippen molar-refractivity contribution in [3.8, 4) is 0 Å². The number of amides is 1. The zero-order chi connectivity index (χ0) is 13.8. The van der Waals surface area contributed by atoms with Crippen molar-refractivity contribution in [3.05, 3.63) is 28.8 Å². The maximum atomic E-state index is 11.6. The SMILES string of the molecule is CNCc1ccc(NC(=O)OC(C)(C)C)cc1Cl. The molecule has 0 unspecified atom stereocenters. The molecular weight excluding hydrogens is 252 g/mol. The quantitative estimate of drug-likeness (QED) is 0.885. The number of carbonyl (C=O) groups is 1. The monoisotopic (exact) mass is 270 g/mol. The Kier molecular flexibility index (Phi) is 4.99. The Morgan fingerprint density at radius 3 is 2.56 bits per heavy atom. The maximum Gasteiger partial charge on any atom is 0.412 e. The van der Waals surface area contributed by atoms with Gasteiger partial charge < -0.3 is 10.1 Å². The van der Waals surface area contributed by atoms with Crippen molar-refractivity contribution < 1.29 is 9.53 Å². The fourth-order valence-electron chi connectivity index (χ4n) is 1.38. The molecule has 0 spiro atoms. The number of ether oxygens (including phenoxy) is 1. The molecule has 2 N–H and O–H groups in total. The van der Waals surface area contributed by atoms with E-state index in [1.54, 1.807) is 12.1 Å². The number of rotatable bonds is 3. The van der Waals surface area contributed by atoms with E-state index in [0.717, 1.165) is 5.56 Å². The number of halogens is 1. The summed E-state index contributed by atoms with van der Waals surface area (Å²) in [5.41, 5.74) is 1.09. The number of anilines is 1. The number of hydrogen-bond acceptors (Lipinski definition) is 3. The van der Waals surface area contributed by atoms with Gasteiger partial charge in [0, 0.05) is 17.3 Å². The lowest BCUT2D eigenvalue weighted by molar-refractivity contribution is 0.0636. The summed E-state index contributed by atoms with van der Waals surface area (Å²) in [6.45, 7) is 6.13. The second-order valence-electron chi connectivity index (χ2n) is 4.96. The van der Waals surface area contributed by atoms with E-state index in [-0.39, 0.29) is 0 Å². The molecule has 4 nitrogen and oxygen atoms in total. The molecule has 1 aromatic rings. The van der Waals surface area contributed by atoms with E-state index in [0.29, 0.717) is 17.3 Å². The Morgan fingerprint density at radius 1 is 1.39 bits per heavy atom. The number of benzene rings is 1. The van der Waals surface area contributed by atoms with Crippen LogP contribution in [0.15, 0.2) is 18.2 Å². The van der Waals surface area contributed by atoms with Crippen LogP contribution in [0.25, 0.3) is 0 Å². The summed E-state index contributed by atoms with van der Waals surface area (Å²) in [4.78, 5) is 11.6. The van der Waals surface area contributed by atoms with Gasteiger partial charge in [-0.15, -0.1) is 0 Å². The molecule has 0 aliphatic carbocycles. The molecule has 0 aliphatic heterocycles. The van der Waals surface area contributed by atoms with Crippen molar-refractivity contribution >= 4 is 23.4 Å². The molecule has 1 amide bonds. The standard InChI is InChI=1S/C13H19ClN2O2/c1-13(2,3)18-12(17)16-10-6-5-9(8-15-4)11(14)7-10/h5-7,15H,8H2,1-4H3,(H,16,17). The number of nitrogens with one attached hydrogen (secondary N) is 2. The van der Waals surface area contributed by atoms with Crippen LogP contribution in [-0.2, 0) is 11.3 Å². The van der Waals surface area contributed by atoms with Crippen LogP contribution in [-0.4, -0.2) is 18.7 Å². The van der Waals surface area contributed by atoms with Crippen molar-refractivity contribution in [1.82, 2.24) is 5.32 Å². The molecule has 18 heavy (non-hydrogen) atoms. The molecule has 0 fully saturated rings. The van der Waals surface area contributed by atoms with Gasteiger partial charge >= 0.3 is 6.09 Å². The first-order valence-electron chi connectivity index (χ1n) is 5.75. The van der Waals surface area contributed by atoms with Gasteiger partial charge in [0.1, 0.15) is 5.60 Å². The number of carbonyl (C=O) groups excluding carboxylic acids is 1. The minimum atomic E-state index is -0.514. The molecule has 1 aromatic carbocycles. The largest absolute Gasteiger partial charge is 0.444 e. The van der Waals surface area contributed by atoms with E-state index in [2.05, 4.69) is 10.6 Å². The summed E-state index contributed by atoms with van der Waals surface area (Å²) >= 11 is 6.09. The van der Waals surface area contributed by atoms with Gasteiger partial charge in [-0.05, 0) is 45.5 Å². The van der Waals surface area contributed by atoms with Crippen LogP contribution < -0.4 is 10.6 Å². The highest BCUT2D eigenvalue weighted by atomic mass is 35.5. The minimum Gasteiger partial charge on any atom is -0.444 e. The number of hydrogen-bond donors (Lipinski definition) is 2. The van der Waals surface area contributed by atoms with E-state index >= 15 is 0 Å². The van der Waals surface area contributed by atoms with Crippen LogP contribution in [0.5, 0.6) is 0 Å². The van der Waals surface area contributed by atoms with Crippen molar-refractivity contribution in [2.24, 2.45) is 0 Å². The Hall–Kier alpha value is -1.26. The lowest BCUT2D eigenvalue weighted by Gasteiger charge is -2.19. The first-order chi connectivity index (χ1) is 8.31. The average molecular weight is 271 g/mol. The molecule has 0 aromatic heterocycles. The summed E-state index contributed by atoms with van der Waals surface area (Å²) in [5.74, 6) is 0. The van der Waals surface area contributed by atoms with Gasteiger partial charge in [0.2, 0.25) is 0 Å². The van der Waals surface area contributed by atoms with Crippen molar-refractivity contribution in [1.29, 1.82) is 0 Å². The third kappa shape index (κ3) is 4.94. The van der Waals surface area contributed by atoms with Gasteiger partial charge in [0.05, 0.1) is 0 Å². The van der Waals surface area contributed by atoms with Crippen molar-refractivity contribution in [3.63, 3.8) is 0 Å². The molecule has 100 valence electrons. The molecule has 0 atom stereocenters. The van der Waals surface area contributed by atoms with E-state index in [9.17, 15) is 4.79 Å². The highest BCUT2D eigenvalue weighted by Crippen LogP contribution is 2.21. The fourth-order valence-corrected chi connectivity index (χ4v) is 1.63. The van der Waals surface area contributed by atoms with E-state index in [4.69, 9.17) is 16.3 Å². The third-order valence-corrected chi connectivity index (χ3v) is 2.42. The van der Waals surface area contributed by atoms with Gasteiger partial charge in [0.15, 0.2) is 0 Å². The third-order valence-electron chi connectivity index (χ3n) is 2.07. The van der Waals surface area contributed by atoms with E-state index < -0.39 is 11.7 Å². The Labute approximate surface area is 113 Å². The van der Waals surface area contributed by atoms with Crippen LogP contribution in [0.2, 0.25) is 5.02 Å². The highest BCUT2D eigenvalue weighted by molar-refractivity contribution is 6.31. The minimum absolute atomic E-state index is 0.486. The molecule has 0 radical (unpaired) electrons. The highest BCUT2D eigenvalue weighted by Gasteiger charge is 2.16. The predicted molar refractivity (Wildman–Crippen MR) is 74.1 cm³/mol. The first kappa shape index (κ1) is 14.8.